The van der Waals surface area contributed by atoms with Crippen LogP contribution in [0.25, 0.3) is 0 Å². The second-order valence-electron chi connectivity index (χ2n) is 22.2. The summed E-state index contributed by atoms with van der Waals surface area (Å²) in [5, 5.41) is 24.0. The van der Waals surface area contributed by atoms with E-state index in [4.69, 9.17) is 4.74 Å². The first-order chi connectivity index (χ1) is 34.5. The summed E-state index contributed by atoms with van der Waals surface area (Å²) in [6.45, 7) is 6.54. The van der Waals surface area contributed by atoms with E-state index in [0.29, 0.717) is 19.3 Å². The minimum Gasteiger partial charge on any atom is -0.462 e. The number of aliphatic hydroxyl groups excluding tert-OH is 2. The van der Waals surface area contributed by atoms with Gasteiger partial charge in [0.25, 0.3) is 0 Å². The normalized spacial score (nSPS) is 13.0. The highest BCUT2D eigenvalue weighted by Gasteiger charge is 2.24. The molecule has 6 nitrogen and oxygen atoms in total. The smallest absolute Gasteiger partial charge is 0.306 e. The minimum atomic E-state index is -0.785. The molecule has 1 amide bonds. The maximum absolute atomic E-state index is 13.3. The number of esters is 1. The maximum atomic E-state index is 13.3. The summed E-state index contributed by atoms with van der Waals surface area (Å²) in [6, 6.07) is -0.698. The molecule has 0 heterocycles. The Kier molecular flexibility index (Phi) is 57.3. The molecule has 0 aliphatic carbocycles. The Balaban J connectivity index is 4.49. The van der Waals surface area contributed by atoms with Gasteiger partial charge in [0, 0.05) is 6.42 Å². The lowest BCUT2D eigenvalue weighted by Gasteiger charge is -2.24. The Morgan fingerprint density at radius 3 is 1.01 bits per heavy atom. The predicted molar refractivity (Wildman–Crippen MR) is 306 cm³/mol. The highest BCUT2D eigenvalue weighted by atomic mass is 16.5. The lowest BCUT2D eigenvalue weighted by Crippen LogP contribution is -2.46. The number of ether oxygens (including phenoxy) is 1. The Bertz CT molecular complexity index is 1060. The summed E-state index contributed by atoms with van der Waals surface area (Å²) in [6.07, 6.45) is 68.6. The molecule has 0 saturated carbocycles. The number of carbonyl (C=O) groups is 2. The van der Waals surface area contributed by atoms with Crippen LogP contribution in [0.15, 0.2) is 12.2 Å². The first kappa shape index (κ1) is 68.6. The average Bonchev–Trinajstić information content (AvgIpc) is 3.35. The fourth-order valence-electron chi connectivity index (χ4n) is 10.3. The molecule has 3 unspecified atom stereocenters. The second kappa shape index (κ2) is 58.5. The van der Waals surface area contributed by atoms with E-state index in [-0.39, 0.29) is 24.9 Å². The number of unbranched alkanes of at least 4 members (excludes halogenated alkanes) is 45. The van der Waals surface area contributed by atoms with Crippen LogP contribution in [-0.4, -0.2) is 46.9 Å². The van der Waals surface area contributed by atoms with Gasteiger partial charge in [0.05, 0.1) is 25.2 Å². The van der Waals surface area contributed by atoms with Crippen LogP contribution < -0.4 is 5.32 Å². The molecule has 3 N–H and O–H groups in total. The van der Waals surface area contributed by atoms with Gasteiger partial charge in [-0.25, -0.2) is 0 Å². The summed E-state index contributed by atoms with van der Waals surface area (Å²) < 4.78 is 5.99. The van der Waals surface area contributed by atoms with E-state index in [1.807, 2.05) is 0 Å². The van der Waals surface area contributed by atoms with Gasteiger partial charge in [0.1, 0.15) is 6.10 Å². The summed E-state index contributed by atoms with van der Waals surface area (Å²) in [5.41, 5.74) is 0. The van der Waals surface area contributed by atoms with Crippen molar-refractivity contribution in [1.82, 2.24) is 5.32 Å². The summed E-state index contributed by atoms with van der Waals surface area (Å²) in [4.78, 5) is 26.4. The van der Waals surface area contributed by atoms with Crippen molar-refractivity contribution in [3.8, 4) is 0 Å². The molecule has 0 radical (unpaired) electrons. The fourth-order valence-corrected chi connectivity index (χ4v) is 10.3. The Hall–Kier alpha value is -1.40. The van der Waals surface area contributed by atoms with Gasteiger partial charge in [-0.2, -0.15) is 0 Å². The molecule has 0 aromatic carbocycles. The van der Waals surface area contributed by atoms with E-state index >= 15 is 0 Å². The number of nitrogens with one attached hydrogen (secondary N) is 1. The predicted octanol–water partition coefficient (Wildman–Crippen LogP) is 20.0. The van der Waals surface area contributed by atoms with Crippen LogP contribution in [0.4, 0.5) is 0 Å². The van der Waals surface area contributed by atoms with Gasteiger partial charge in [0.2, 0.25) is 5.91 Å². The quantitative estimate of drug-likeness (QED) is 0.0321. The summed E-state index contributed by atoms with van der Waals surface area (Å²) >= 11 is 0. The van der Waals surface area contributed by atoms with E-state index in [0.717, 1.165) is 51.4 Å². The van der Waals surface area contributed by atoms with Crippen LogP contribution >= 0.6 is 0 Å². The molecule has 0 aromatic heterocycles. The number of amides is 1. The molecule has 0 aromatic rings. The third-order valence-electron chi connectivity index (χ3n) is 15.1. The second-order valence-corrected chi connectivity index (χ2v) is 22.2. The van der Waals surface area contributed by atoms with Crippen molar-refractivity contribution in [2.75, 3.05) is 6.61 Å². The van der Waals surface area contributed by atoms with Gasteiger partial charge in [0.15, 0.2) is 0 Å². The van der Waals surface area contributed by atoms with Crippen molar-refractivity contribution >= 4 is 11.9 Å². The van der Waals surface area contributed by atoms with Crippen molar-refractivity contribution in [3.05, 3.63) is 12.2 Å². The highest BCUT2D eigenvalue weighted by Crippen LogP contribution is 2.20. The van der Waals surface area contributed by atoms with E-state index in [2.05, 4.69) is 38.2 Å². The molecule has 0 spiro atoms. The van der Waals surface area contributed by atoms with Crippen molar-refractivity contribution in [1.29, 1.82) is 0 Å². The van der Waals surface area contributed by atoms with Gasteiger partial charge in [-0.1, -0.05) is 309 Å². The molecular weight excluding hydrogens is 863 g/mol. The Labute approximate surface area is 438 Å². The van der Waals surface area contributed by atoms with Crippen molar-refractivity contribution in [2.45, 2.75) is 379 Å². The van der Waals surface area contributed by atoms with Gasteiger partial charge in [-0.15, -0.1) is 0 Å². The molecule has 0 fully saturated rings. The van der Waals surface area contributed by atoms with Crippen molar-refractivity contribution < 1.29 is 24.5 Å². The molecule has 0 aliphatic heterocycles. The fraction of sp³-hybridized carbons (Fsp3) is 0.938. The van der Waals surface area contributed by atoms with Crippen LogP contribution in [0.1, 0.15) is 361 Å². The van der Waals surface area contributed by atoms with Crippen LogP contribution in [0.3, 0.4) is 0 Å². The molecule has 0 saturated heterocycles. The largest absolute Gasteiger partial charge is 0.462 e. The van der Waals surface area contributed by atoms with Crippen LogP contribution in [0.2, 0.25) is 0 Å². The van der Waals surface area contributed by atoms with Crippen molar-refractivity contribution in [3.63, 3.8) is 0 Å². The highest BCUT2D eigenvalue weighted by molar-refractivity contribution is 5.77. The van der Waals surface area contributed by atoms with E-state index < -0.39 is 18.2 Å². The number of allylic oxidation sites excluding steroid dienone is 2. The SMILES string of the molecule is CCCCCCCC/C=C/CCCCCCCCCC(CC(=O)NC(CO)C(O)CCCCCCCCCCCCCCCCC)OC(=O)CCCCCCCCCCCCCCCCCCCCC. The molecule has 0 rings (SSSR count). The maximum Gasteiger partial charge on any atom is 0.306 e. The summed E-state index contributed by atoms with van der Waals surface area (Å²) in [7, 11) is 0. The molecule has 0 aliphatic rings. The van der Waals surface area contributed by atoms with E-state index in [1.165, 1.54) is 263 Å². The first-order valence-electron chi connectivity index (χ1n) is 31.9. The zero-order valence-electron chi connectivity index (χ0n) is 47.7. The van der Waals surface area contributed by atoms with E-state index in [9.17, 15) is 19.8 Å². The number of hydrogen-bond acceptors (Lipinski definition) is 5. The van der Waals surface area contributed by atoms with Crippen LogP contribution in [0, 0.1) is 0 Å². The first-order valence-corrected chi connectivity index (χ1v) is 31.9. The molecule has 3 atom stereocenters. The van der Waals surface area contributed by atoms with Crippen LogP contribution in [0.5, 0.6) is 0 Å². The van der Waals surface area contributed by atoms with Gasteiger partial charge >= 0.3 is 5.97 Å². The number of rotatable bonds is 59. The third-order valence-corrected chi connectivity index (χ3v) is 15.1. The van der Waals surface area contributed by atoms with E-state index in [1.54, 1.807) is 0 Å². The van der Waals surface area contributed by atoms with Crippen LogP contribution in [-0.2, 0) is 14.3 Å². The number of carbonyl (C=O) groups excluding carboxylic acids is 2. The molecule has 416 valence electrons. The standard InChI is InChI=1S/C64H125NO5/c1-4-7-10-13-16-19-22-25-28-30-31-33-36-39-42-45-48-51-54-57-64(69)70-60(55-52-49-46-43-40-37-35-32-29-26-23-20-17-14-11-8-5-2)58-63(68)65-61(59-66)62(67)56-53-50-47-44-41-38-34-27-24-21-18-15-12-9-6-3/h26,29,60-62,66-67H,4-25,27-28,30-59H2,1-3H3,(H,65,68)/b29-26+. The minimum absolute atomic E-state index is 0.0828. The van der Waals surface area contributed by atoms with Crippen molar-refractivity contribution in [2.24, 2.45) is 0 Å². The number of hydrogen-bond donors (Lipinski definition) is 3. The topological polar surface area (TPSA) is 95.9 Å². The monoisotopic (exact) mass is 988 g/mol. The summed E-state index contributed by atoms with van der Waals surface area (Å²) in [5.74, 6) is -0.449. The van der Waals surface area contributed by atoms with Gasteiger partial charge in [-0.05, 0) is 51.4 Å². The van der Waals surface area contributed by atoms with Gasteiger partial charge in [-0.3, -0.25) is 9.59 Å². The molecule has 70 heavy (non-hydrogen) atoms. The molecular formula is C64H125NO5. The lowest BCUT2D eigenvalue weighted by molar-refractivity contribution is -0.151. The number of aliphatic hydroxyl groups is 2. The lowest BCUT2D eigenvalue weighted by atomic mass is 10.0. The Morgan fingerprint density at radius 1 is 0.400 bits per heavy atom. The zero-order valence-corrected chi connectivity index (χ0v) is 47.7. The zero-order chi connectivity index (χ0) is 50.9. The molecule has 6 heteroatoms. The average molecular weight is 989 g/mol. The Morgan fingerprint density at radius 2 is 0.686 bits per heavy atom. The third kappa shape index (κ3) is 52.9. The van der Waals surface area contributed by atoms with Gasteiger partial charge < -0.3 is 20.3 Å². The molecule has 0 bridgehead atoms.